The number of hydrogen-bond donors (Lipinski definition) is 1. The molecule has 1 saturated heterocycles. The van der Waals surface area contributed by atoms with Gasteiger partial charge in [-0.25, -0.2) is 0 Å². The summed E-state index contributed by atoms with van der Waals surface area (Å²) in [4.78, 5) is 5.28. The molecule has 1 aliphatic rings. The van der Waals surface area contributed by atoms with E-state index in [0.717, 1.165) is 12.5 Å². The molecule has 0 bridgehead atoms. The molecule has 0 radical (unpaired) electrons. The van der Waals surface area contributed by atoms with Crippen LogP contribution in [0.15, 0.2) is 0 Å². The minimum Gasteiger partial charge on any atom is -0.312 e. The number of piperazine rings is 1. The second kappa shape index (κ2) is 9.81. The number of unbranched alkanes of at least 4 members (excludes halogenated alkanes) is 3. The highest BCUT2D eigenvalue weighted by atomic mass is 15.3. The van der Waals surface area contributed by atoms with Crippen molar-refractivity contribution in [1.82, 2.24) is 15.1 Å². The third kappa shape index (κ3) is 10.3. The summed E-state index contributed by atoms with van der Waals surface area (Å²) in [6.45, 7) is 20.2. The lowest BCUT2D eigenvalue weighted by atomic mass is 10.1. The Hall–Kier alpha value is -0.120. The molecule has 0 aromatic rings. The highest BCUT2D eigenvalue weighted by Gasteiger charge is 2.16. The SMILES string of the molecule is CC(C)CN1CCN(CCCCCCNC(C)(C)C)CC1. The van der Waals surface area contributed by atoms with Crippen LogP contribution in [0.1, 0.15) is 60.3 Å². The molecule has 0 aromatic heterocycles. The van der Waals surface area contributed by atoms with Crippen LogP contribution in [0.5, 0.6) is 0 Å². The molecule has 0 atom stereocenters. The topological polar surface area (TPSA) is 18.5 Å². The fraction of sp³-hybridized carbons (Fsp3) is 1.00. The van der Waals surface area contributed by atoms with Gasteiger partial charge in [-0.15, -0.1) is 0 Å². The Kier molecular flexibility index (Phi) is 8.84. The highest BCUT2D eigenvalue weighted by Crippen LogP contribution is 2.08. The third-order valence-corrected chi connectivity index (χ3v) is 4.14. The van der Waals surface area contributed by atoms with Gasteiger partial charge in [0.2, 0.25) is 0 Å². The first-order chi connectivity index (χ1) is 9.87. The zero-order valence-corrected chi connectivity index (χ0v) is 15.2. The monoisotopic (exact) mass is 297 g/mol. The summed E-state index contributed by atoms with van der Waals surface area (Å²) in [6.07, 6.45) is 5.45. The lowest BCUT2D eigenvalue weighted by Crippen LogP contribution is -2.47. The van der Waals surface area contributed by atoms with E-state index in [0.29, 0.717) is 0 Å². The summed E-state index contributed by atoms with van der Waals surface area (Å²) in [5.41, 5.74) is 0.273. The molecule has 3 heteroatoms. The normalized spacial score (nSPS) is 18.6. The van der Waals surface area contributed by atoms with Gasteiger partial charge in [0.05, 0.1) is 0 Å². The van der Waals surface area contributed by atoms with Crippen LogP contribution in [0.2, 0.25) is 0 Å². The van der Waals surface area contributed by atoms with Gasteiger partial charge in [0.1, 0.15) is 0 Å². The van der Waals surface area contributed by atoms with E-state index < -0.39 is 0 Å². The van der Waals surface area contributed by atoms with Crippen LogP contribution in [0.4, 0.5) is 0 Å². The van der Waals surface area contributed by atoms with Crippen LogP contribution in [0.3, 0.4) is 0 Å². The average Bonchev–Trinajstić information content (AvgIpc) is 2.37. The fourth-order valence-corrected chi connectivity index (χ4v) is 2.99. The van der Waals surface area contributed by atoms with E-state index in [1.54, 1.807) is 0 Å². The molecule has 0 amide bonds. The minimum absolute atomic E-state index is 0.273. The van der Waals surface area contributed by atoms with Crippen molar-refractivity contribution < 1.29 is 0 Å². The molecule has 0 aromatic carbocycles. The predicted molar refractivity (Wildman–Crippen MR) is 93.9 cm³/mol. The van der Waals surface area contributed by atoms with Crippen molar-refractivity contribution in [2.75, 3.05) is 45.8 Å². The van der Waals surface area contributed by atoms with Gasteiger partial charge < -0.3 is 15.1 Å². The molecule has 1 aliphatic heterocycles. The maximum atomic E-state index is 3.57. The van der Waals surface area contributed by atoms with Gasteiger partial charge in [0.15, 0.2) is 0 Å². The molecule has 0 unspecified atom stereocenters. The van der Waals surface area contributed by atoms with E-state index in [2.05, 4.69) is 49.7 Å². The van der Waals surface area contributed by atoms with Crippen molar-refractivity contribution in [3.63, 3.8) is 0 Å². The molecule has 1 N–H and O–H groups in total. The highest BCUT2D eigenvalue weighted by molar-refractivity contribution is 4.73. The van der Waals surface area contributed by atoms with Gasteiger partial charge in [0.25, 0.3) is 0 Å². The van der Waals surface area contributed by atoms with Crippen molar-refractivity contribution in [1.29, 1.82) is 0 Å². The lowest BCUT2D eigenvalue weighted by Gasteiger charge is -2.35. The van der Waals surface area contributed by atoms with E-state index >= 15 is 0 Å². The second-order valence-electron chi connectivity index (χ2n) is 8.13. The van der Waals surface area contributed by atoms with Gasteiger partial charge in [-0.1, -0.05) is 26.7 Å². The first-order valence-electron chi connectivity index (χ1n) is 9.06. The molecule has 1 rings (SSSR count). The smallest absolute Gasteiger partial charge is 0.0110 e. The van der Waals surface area contributed by atoms with Crippen molar-refractivity contribution >= 4 is 0 Å². The van der Waals surface area contributed by atoms with E-state index in [9.17, 15) is 0 Å². The zero-order valence-electron chi connectivity index (χ0n) is 15.2. The Morgan fingerprint density at radius 2 is 1.43 bits per heavy atom. The molecular formula is C18H39N3. The van der Waals surface area contributed by atoms with Gasteiger partial charge in [-0.2, -0.15) is 0 Å². The van der Waals surface area contributed by atoms with Crippen LogP contribution in [0, 0.1) is 5.92 Å². The Morgan fingerprint density at radius 3 is 2.00 bits per heavy atom. The van der Waals surface area contributed by atoms with Crippen molar-refractivity contribution in [3.05, 3.63) is 0 Å². The maximum Gasteiger partial charge on any atom is 0.0110 e. The first kappa shape index (κ1) is 18.9. The van der Waals surface area contributed by atoms with Gasteiger partial charge >= 0.3 is 0 Å². The summed E-state index contributed by atoms with van der Waals surface area (Å²) < 4.78 is 0. The average molecular weight is 298 g/mol. The molecule has 0 spiro atoms. The fourth-order valence-electron chi connectivity index (χ4n) is 2.99. The van der Waals surface area contributed by atoms with Crippen LogP contribution >= 0.6 is 0 Å². The van der Waals surface area contributed by atoms with Gasteiger partial charge in [-0.3, -0.25) is 0 Å². The Bertz CT molecular complexity index is 250. The molecule has 0 aliphatic carbocycles. The largest absolute Gasteiger partial charge is 0.312 e. The van der Waals surface area contributed by atoms with Crippen LogP contribution in [-0.4, -0.2) is 61.2 Å². The van der Waals surface area contributed by atoms with Crippen molar-refractivity contribution in [2.24, 2.45) is 5.92 Å². The van der Waals surface area contributed by atoms with E-state index in [1.807, 2.05) is 0 Å². The van der Waals surface area contributed by atoms with E-state index in [-0.39, 0.29) is 5.54 Å². The summed E-state index contributed by atoms with van der Waals surface area (Å²) in [7, 11) is 0. The Labute approximate surface area is 133 Å². The van der Waals surface area contributed by atoms with Gasteiger partial charge in [0, 0.05) is 38.3 Å². The number of nitrogens with one attached hydrogen (secondary N) is 1. The molecule has 0 saturated carbocycles. The summed E-state index contributed by atoms with van der Waals surface area (Å²) in [5, 5.41) is 3.57. The molecule has 3 nitrogen and oxygen atoms in total. The van der Waals surface area contributed by atoms with E-state index in [4.69, 9.17) is 0 Å². The maximum absolute atomic E-state index is 3.57. The third-order valence-electron chi connectivity index (χ3n) is 4.14. The number of rotatable bonds is 9. The summed E-state index contributed by atoms with van der Waals surface area (Å²) >= 11 is 0. The number of nitrogens with zero attached hydrogens (tertiary/aromatic N) is 2. The van der Waals surface area contributed by atoms with Crippen LogP contribution < -0.4 is 5.32 Å². The van der Waals surface area contributed by atoms with E-state index in [1.165, 1.54) is 65.0 Å². The molecular weight excluding hydrogens is 258 g/mol. The molecule has 126 valence electrons. The van der Waals surface area contributed by atoms with Crippen molar-refractivity contribution in [2.45, 2.75) is 65.8 Å². The minimum atomic E-state index is 0.273. The van der Waals surface area contributed by atoms with Crippen LogP contribution in [0.25, 0.3) is 0 Å². The Balaban J connectivity index is 1.93. The van der Waals surface area contributed by atoms with Crippen molar-refractivity contribution in [3.8, 4) is 0 Å². The summed E-state index contributed by atoms with van der Waals surface area (Å²) in [5.74, 6) is 0.804. The number of hydrogen-bond acceptors (Lipinski definition) is 3. The predicted octanol–water partition coefficient (Wildman–Crippen LogP) is 3.21. The van der Waals surface area contributed by atoms with Crippen LogP contribution in [-0.2, 0) is 0 Å². The lowest BCUT2D eigenvalue weighted by molar-refractivity contribution is 0.121. The molecule has 1 heterocycles. The first-order valence-corrected chi connectivity index (χ1v) is 9.06. The Morgan fingerprint density at radius 1 is 0.857 bits per heavy atom. The zero-order chi connectivity index (χ0) is 15.7. The standard InChI is InChI=1S/C18H39N3/c1-17(2)16-21-14-12-20(13-15-21)11-9-7-6-8-10-19-18(3,4)5/h17,19H,6-16H2,1-5H3. The van der Waals surface area contributed by atoms with Gasteiger partial charge in [-0.05, 0) is 52.6 Å². The summed E-state index contributed by atoms with van der Waals surface area (Å²) in [6, 6.07) is 0. The second-order valence-corrected chi connectivity index (χ2v) is 8.13. The molecule has 1 fully saturated rings. The molecule has 21 heavy (non-hydrogen) atoms. The quantitative estimate of drug-likeness (QED) is 0.659.